The summed E-state index contributed by atoms with van der Waals surface area (Å²) in [6.07, 6.45) is 9.04. The third-order valence-electron chi connectivity index (χ3n) is 13.9. The molecule has 1 saturated heterocycles. The van der Waals surface area contributed by atoms with Gasteiger partial charge in [-0.3, -0.25) is 9.59 Å². The van der Waals surface area contributed by atoms with E-state index in [0.717, 1.165) is 25.9 Å². The molecular formula is C34H52O5. The van der Waals surface area contributed by atoms with Gasteiger partial charge in [0.25, 0.3) is 0 Å². The van der Waals surface area contributed by atoms with Crippen LogP contribution in [0.3, 0.4) is 0 Å². The quantitative estimate of drug-likeness (QED) is 0.278. The van der Waals surface area contributed by atoms with E-state index in [4.69, 9.17) is 14.2 Å². The van der Waals surface area contributed by atoms with Crippen LogP contribution >= 0.6 is 0 Å². The van der Waals surface area contributed by atoms with Gasteiger partial charge in [0.1, 0.15) is 0 Å². The summed E-state index contributed by atoms with van der Waals surface area (Å²) in [6, 6.07) is 0. The summed E-state index contributed by atoms with van der Waals surface area (Å²) in [6.45, 7) is 20.8. The first-order valence-corrected chi connectivity index (χ1v) is 15.8. The van der Waals surface area contributed by atoms with Crippen LogP contribution in [0.15, 0.2) is 11.1 Å². The fourth-order valence-corrected chi connectivity index (χ4v) is 11.9. The molecule has 0 spiro atoms. The Labute approximate surface area is 236 Å². The molecule has 0 radical (unpaired) electrons. The molecule has 0 aromatic rings. The second-order valence-electron chi connectivity index (χ2n) is 16.1. The van der Waals surface area contributed by atoms with Gasteiger partial charge in [0, 0.05) is 19.3 Å². The molecule has 39 heavy (non-hydrogen) atoms. The molecule has 5 fully saturated rings. The lowest BCUT2D eigenvalue weighted by atomic mass is 9.34. The highest BCUT2D eigenvalue weighted by atomic mass is 16.6. The normalized spacial score (nSPS) is 49.6. The van der Waals surface area contributed by atoms with Crippen molar-refractivity contribution >= 4 is 11.9 Å². The van der Waals surface area contributed by atoms with E-state index < -0.39 is 12.2 Å². The molecule has 0 aromatic carbocycles. The van der Waals surface area contributed by atoms with Gasteiger partial charge in [-0.05, 0) is 102 Å². The molecule has 218 valence electrons. The lowest BCUT2D eigenvalue weighted by Gasteiger charge is -2.70. The Bertz CT molecular complexity index is 1100. The van der Waals surface area contributed by atoms with Gasteiger partial charge >= 0.3 is 11.9 Å². The molecule has 0 N–H and O–H groups in total. The van der Waals surface area contributed by atoms with Gasteiger partial charge in [-0.25, -0.2) is 0 Å². The van der Waals surface area contributed by atoms with E-state index in [-0.39, 0.29) is 39.5 Å². The van der Waals surface area contributed by atoms with Crippen molar-refractivity contribution in [3.8, 4) is 0 Å². The van der Waals surface area contributed by atoms with Crippen LogP contribution in [0.5, 0.6) is 0 Å². The van der Waals surface area contributed by atoms with Crippen LogP contribution in [-0.4, -0.2) is 36.9 Å². The number of fused-ring (bicyclic) bond motifs is 5. The van der Waals surface area contributed by atoms with Crippen molar-refractivity contribution < 1.29 is 23.8 Å². The number of hydrogen-bond donors (Lipinski definition) is 0. The Kier molecular flexibility index (Phi) is 6.12. The van der Waals surface area contributed by atoms with E-state index in [1.165, 1.54) is 57.1 Å². The van der Waals surface area contributed by atoms with Gasteiger partial charge in [-0.1, -0.05) is 54.0 Å². The minimum Gasteiger partial charge on any atom is -0.457 e. The summed E-state index contributed by atoms with van der Waals surface area (Å²) in [5.41, 5.74) is 3.22. The molecule has 0 aromatic heterocycles. The molecule has 2 bridgehead atoms. The van der Waals surface area contributed by atoms with Crippen LogP contribution in [-0.2, 0) is 23.8 Å². The fourth-order valence-electron chi connectivity index (χ4n) is 11.9. The van der Waals surface area contributed by atoms with Gasteiger partial charge < -0.3 is 14.2 Å². The van der Waals surface area contributed by atoms with E-state index in [0.29, 0.717) is 29.3 Å². The van der Waals surface area contributed by atoms with E-state index in [2.05, 4.69) is 48.5 Å². The van der Waals surface area contributed by atoms with E-state index in [1.807, 2.05) is 0 Å². The molecule has 6 aliphatic rings. The number of carbonyl (C=O) groups is 2. The maximum absolute atomic E-state index is 12.6. The molecule has 1 heterocycles. The van der Waals surface area contributed by atoms with Crippen molar-refractivity contribution in [3.63, 3.8) is 0 Å². The maximum Gasteiger partial charge on any atom is 0.303 e. The van der Waals surface area contributed by atoms with E-state index >= 15 is 0 Å². The lowest BCUT2D eigenvalue weighted by molar-refractivity contribution is -0.223. The maximum atomic E-state index is 12.6. The first-order chi connectivity index (χ1) is 18.1. The monoisotopic (exact) mass is 540 g/mol. The predicted octanol–water partition coefficient (Wildman–Crippen LogP) is 7.27. The van der Waals surface area contributed by atoms with Crippen LogP contribution in [0.4, 0.5) is 0 Å². The number of rotatable bonds is 3. The van der Waals surface area contributed by atoms with Gasteiger partial charge in [-0.2, -0.15) is 0 Å². The minimum absolute atomic E-state index is 0.114. The Morgan fingerprint density at radius 3 is 2.18 bits per heavy atom. The third-order valence-corrected chi connectivity index (χ3v) is 13.9. The highest BCUT2D eigenvalue weighted by Crippen LogP contribution is 2.77. The molecular weight excluding hydrogens is 488 g/mol. The number of carbonyl (C=O) groups excluding carboxylic acids is 2. The lowest BCUT2D eigenvalue weighted by Crippen LogP contribution is -2.66. The number of esters is 2. The largest absolute Gasteiger partial charge is 0.457 e. The van der Waals surface area contributed by atoms with Crippen LogP contribution in [0.25, 0.3) is 0 Å². The fraction of sp³-hybridized carbons (Fsp3) is 0.882. The average Bonchev–Trinajstić information content (AvgIpc) is 3.28. The third kappa shape index (κ3) is 3.47. The van der Waals surface area contributed by atoms with E-state index in [9.17, 15) is 9.59 Å². The second kappa shape index (κ2) is 8.58. The minimum atomic E-state index is -0.489. The zero-order valence-corrected chi connectivity index (χ0v) is 25.9. The SMILES string of the molecule is CC(=O)O[C@@H]1[C@@H](OC(C)=O)C(C(C)C)=C2CC[C@]3(C)[C@H](CC[C@@H]4[C@@H]5[C@H]6OC[C@@]5(CCC6(C)C)CC[C@]43C)[C@]21C. The van der Waals surface area contributed by atoms with Gasteiger partial charge in [0.2, 0.25) is 0 Å². The summed E-state index contributed by atoms with van der Waals surface area (Å²) in [4.78, 5) is 24.9. The van der Waals surface area contributed by atoms with Crippen molar-refractivity contribution in [2.24, 2.45) is 50.7 Å². The van der Waals surface area contributed by atoms with Gasteiger partial charge in [-0.15, -0.1) is 0 Å². The number of ether oxygens (including phenoxy) is 3. The van der Waals surface area contributed by atoms with Crippen molar-refractivity contribution in [1.82, 2.24) is 0 Å². The summed E-state index contributed by atoms with van der Waals surface area (Å²) >= 11 is 0. The zero-order valence-electron chi connectivity index (χ0n) is 25.9. The highest BCUT2D eigenvalue weighted by molar-refractivity contribution is 5.68. The molecule has 6 rings (SSSR count). The molecule has 1 aliphatic heterocycles. The Morgan fingerprint density at radius 1 is 0.872 bits per heavy atom. The van der Waals surface area contributed by atoms with Gasteiger partial charge in [0.15, 0.2) is 12.2 Å². The standard InChI is InChI=1S/C34H52O5/c1-19(2)25-22-12-13-32(8)24(33(22,9)29(39-21(4)36)27(25)38-20(3)35)11-10-23-26-28-30(5,6)14-16-34(26,18-37-28)17-15-31(23,32)7/h19,23-24,26-29H,10-18H2,1-9H3/t23-,24+,26-,27+,28-,29-,31-,32-,33+,34-/m1/s1. The smallest absolute Gasteiger partial charge is 0.303 e. The van der Waals surface area contributed by atoms with Crippen LogP contribution in [0, 0.1) is 50.7 Å². The van der Waals surface area contributed by atoms with Crippen molar-refractivity contribution in [3.05, 3.63) is 11.1 Å². The second-order valence-corrected chi connectivity index (χ2v) is 16.1. The van der Waals surface area contributed by atoms with Crippen LogP contribution in [0.2, 0.25) is 0 Å². The first-order valence-electron chi connectivity index (χ1n) is 15.8. The summed E-state index contributed by atoms with van der Waals surface area (Å²) in [5, 5.41) is 0. The Hall–Kier alpha value is -1.36. The summed E-state index contributed by atoms with van der Waals surface area (Å²) < 4.78 is 19.0. The predicted molar refractivity (Wildman–Crippen MR) is 151 cm³/mol. The number of hydrogen-bond acceptors (Lipinski definition) is 5. The highest BCUT2D eigenvalue weighted by Gasteiger charge is 2.73. The Balaban J connectivity index is 1.44. The van der Waals surface area contributed by atoms with Crippen molar-refractivity contribution in [2.75, 3.05) is 6.61 Å². The Morgan fingerprint density at radius 2 is 1.54 bits per heavy atom. The molecule has 5 aliphatic carbocycles. The van der Waals surface area contributed by atoms with Gasteiger partial charge in [0.05, 0.1) is 12.7 Å². The first kappa shape index (κ1) is 27.8. The van der Waals surface area contributed by atoms with Crippen molar-refractivity contribution in [2.45, 2.75) is 132 Å². The molecule has 0 amide bonds. The molecule has 5 heteroatoms. The van der Waals surface area contributed by atoms with E-state index in [1.54, 1.807) is 0 Å². The van der Waals surface area contributed by atoms with Crippen LogP contribution in [0.1, 0.15) is 114 Å². The molecule has 4 saturated carbocycles. The molecule has 0 unspecified atom stereocenters. The molecule has 10 atom stereocenters. The van der Waals surface area contributed by atoms with Crippen molar-refractivity contribution in [1.29, 1.82) is 0 Å². The molecule has 5 nitrogen and oxygen atoms in total. The average molecular weight is 541 g/mol. The van der Waals surface area contributed by atoms with Crippen LogP contribution < -0.4 is 0 Å². The zero-order chi connectivity index (χ0) is 28.3. The summed E-state index contributed by atoms with van der Waals surface area (Å²) in [5.74, 6) is 1.33. The topological polar surface area (TPSA) is 61.8 Å². The summed E-state index contributed by atoms with van der Waals surface area (Å²) in [7, 11) is 0.